The van der Waals surface area contributed by atoms with E-state index >= 15 is 0 Å². The predicted octanol–water partition coefficient (Wildman–Crippen LogP) is 0.841. The van der Waals surface area contributed by atoms with Gasteiger partial charge in [0.1, 0.15) is 0 Å². The van der Waals surface area contributed by atoms with Crippen LogP contribution in [0.5, 0.6) is 0 Å². The Morgan fingerprint density at radius 1 is 1.38 bits per heavy atom. The van der Waals surface area contributed by atoms with Crippen LogP contribution in [-0.4, -0.2) is 85.9 Å². The van der Waals surface area contributed by atoms with Gasteiger partial charge in [-0.3, -0.25) is 14.5 Å². The number of likely N-dealkylation sites (N-methyl/N-ethyl adjacent to an activating group) is 3. The predicted molar refractivity (Wildman–Crippen MR) is 101 cm³/mol. The van der Waals surface area contributed by atoms with E-state index in [4.69, 9.17) is 0 Å². The molecule has 2 atom stereocenters. The van der Waals surface area contributed by atoms with E-state index in [1.807, 2.05) is 19.0 Å². The van der Waals surface area contributed by atoms with E-state index in [-0.39, 0.29) is 42.5 Å². The summed E-state index contributed by atoms with van der Waals surface area (Å²) in [5.74, 6) is 0.0824. The highest BCUT2D eigenvalue weighted by Crippen LogP contribution is 2.24. The molecule has 2 fully saturated rings. The van der Waals surface area contributed by atoms with Gasteiger partial charge in [0.25, 0.3) is 0 Å². The Labute approximate surface area is 158 Å². The minimum atomic E-state index is -0.161. The summed E-state index contributed by atoms with van der Waals surface area (Å²) in [6, 6.07) is 0.477. The van der Waals surface area contributed by atoms with Gasteiger partial charge < -0.3 is 15.1 Å². The Kier molecular flexibility index (Phi) is 10.9. The topological polar surface area (TPSA) is 55.9 Å². The average molecular weight is 383 g/mol. The number of amides is 2. The van der Waals surface area contributed by atoms with Gasteiger partial charge in [0, 0.05) is 45.7 Å². The van der Waals surface area contributed by atoms with Crippen LogP contribution in [0.1, 0.15) is 26.2 Å². The lowest BCUT2D eigenvalue weighted by Gasteiger charge is -2.28. The van der Waals surface area contributed by atoms with Crippen LogP contribution in [0.15, 0.2) is 0 Å². The second-order valence-corrected chi connectivity index (χ2v) is 6.49. The summed E-state index contributed by atoms with van der Waals surface area (Å²) in [5.41, 5.74) is 0. The number of likely N-dealkylation sites (tertiary alicyclic amines) is 2. The molecule has 24 heavy (non-hydrogen) atoms. The molecule has 2 saturated heterocycles. The summed E-state index contributed by atoms with van der Waals surface area (Å²) < 4.78 is 0. The van der Waals surface area contributed by atoms with Crippen molar-refractivity contribution in [3.8, 4) is 0 Å². The van der Waals surface area contributed by atoms with E-state index in [0.717, 1.165) is 32.6 Å². The van der Waals surface area contributed by atoms with Crippen molar-refractivity contribution in [1.29, 1.82) is 0 Å². The van der Waals surface area contributed by atoms with Gasteiger partial charge in [-0.15, -0.1) is 24.8 Å². The monoisotopic (exact) mass is 382 g/mol. The molecule has 0 bridgehead atoms. The van der Waals surface area contributed by atoms with E-state index in [0.29, 0.717) is 25.6 Å². The molecule has 0 aromatic carbocycles. The van der Waals surface area contributed by atoms with Gasteiger partial charge in [0.05, 0.1) is 5.92 Å². The summed E-state index contributed by atoms with van der Waals surface area (Å²) in [7, 11) is 3.70. The van der Waals surface area contributed by atoms with E-state index in [9.17, 15) is 9.59 Å². The number of carbonyl (C=O) groups excluding carboxylic acids is 2. The van der Waals surface area contributed by atoms with Crippen LogP contribution in [-0.2, 0) is 9.59 Å². The molecule has 142 valence electrons. The van der Waals surface area contributed by atoms with E-state index < -0.39 is 0 Å². The second kappa shape index (κ2) is 11.1. The highest BCUT2D eigenvalue weighted by atomic mass is 35.5. The maximum absolute atomic E-state index is 12.4. The molecule has 0 saturated carbocycles. The molecule has 0 radical (unpaired) electrons. The maximum Gasteiger partial charge on any atom is 0.227 e. The molecule has 0 aliphatic carbocycles. The molecule has 0 spiro atoms. The highest BCUT2D eigenvalue weighted by molar-refractivity contribution is 5.89. The molecular formula is C16H32Cl2N4O2. The first kappa shape index (κ1) is 23.4. The van der Waals surface area contributed by atoms with Gasteiger partial charge in [-0.1, -0.05) is 6.92 Å². The van der Waals surface area contributed by atoms with Crippen LogP contribution < -0.4 is 5.32 Å². The van der Waals surface area contributed by atoms with Crippen molar-refractivity contribution in [3.63, 3.8) is 0 Å². The van der Waals surface area contributed by atoms with Crippen molar-refractivity contribution in [1.82, 2.24) is 20.0 Å². The smallest absolute Gasteiger partial charge is 0.227 e. The fourth-order valence-electron chi connectivity index (χ4n) is 3.59. The number of hydrogen-bond donors (Lipinski definition) is 1. The zero-order valence-electron chi connectivity index (χ0n) is 15.0. The second-order valence-electron chi connectivity index (χ2n) is 6.49. The Bertz CT molecular complexity index is 412. The van der Waals surface area contributed by atoms with E-state index in [1.165, 1.54) is 6.42 Å². The van der Waals surface area contributed by atoms with E-state index in [2.05, 4.69) is 17.1 Å². The molecule has 2 aliphatic heterocycles. The summed E-state index contributed by atoms with van der Waals surface area (Å²) in [6.45, 7) is 7.20. The summed E-state index contributed by atoms with van der Waals surface area (Å²) in [4.78, 5) is 30.7. The van der Waals surface area contributed by atoms with Gasteiger partial charge in [-0.05, 0) is 33.0 Å². The van der Waals surface area contributed by atoms with Crippen LogP contribution in [0.25, 0.3) is 0 Å². The van der Waals surface area contributed by atoms with Crippen LogP contribution in [0.4, 0.5) is 0 Å². The highest BCUT2D eigenvalue weighted by Gasteiger charge is 2.37. The van der Waals surface area contributed by atoms with Crippen LogP contribution in [0.3, 0.4) is 0 Å². The zero-order valence-corrected chi connectivity index (χ0v) is 16.6. The first-order valence-corrected chi connectivity index (χ1v) is 8.48. The Morgan fingerprint density at radius 2 is 2.08 bits per heavy atom. The lowest BCUT2D eigenvalue weighted by molar-refractivity contribution is -0.134. The molecule has 2 rings (SSSR count). The molecule has 2 aliphatic rings. The van der Waals surface area contributed by atoms with Crippen molar-refractivity contribution in [2.75, 3.05) is 53.4 Å². The molecule has 0 aromatic heterocycles. The van der Waals surface area contributed by atoms with Crippen molar-refractivity contribution < 1.29 is 9.59 Å². The van der Waals surface area contributed by atoms with Gasteiger partial charge in [-0.2, -0.15) is 0 Å². The Balaban J connectivity index is 0.00000264. The van der Waals surface area contributed by atoms with E-state index in [1.54, 1.807) is 4.90 Å². The summed E-state index contributed by atoms with van der Waals surface area (Å²) >= 11 is 0. The largest absolute Gasteiger partial charge is 0.344 e. The van der Waals surface area contributed by atoms with Crippen LogP contribution >= 0.6 is 24.8 Å². The zero-order chi connectivity index (χ0) is 16.1. The number of halogens is 2. The van der Waals surface area contributed by atoms with Gasteiger partial charge >= 0.3 is 0 Å². The Morgan fingerprint density at radius 3 is 2.71 bits per heavy atom. The normalized spacial score (nSPS) is 23.8. The first-order valence-electron chi connectivity index (χ1n) is 8.48. The minimum absolute atomic E-state index is 0. The van der Waals surface area contributed by atoms with Crippen molar-refractivity contribution in [2.45, 2.75) is 32.2 Å². The SMILES string of the molecule is CCN1CCCC1CN1CC(C(=O)N(C)CCNC)CC1=O.Cl.Cl. The molecule has 2 amide bonds. The third-order valence-corrected chi connectivity index (χ3v) is 4.97. The number of nitrogens with one attached hydrogen (secondary N) is 1. The molecular weight excluding hydrogens is 351 g/mol. The molecule has 8 heteroatoms. The Hall–Kier alpha value is -0.560. The van der Waals surface area contributed by atoms with Crippen molar-refractivity contribution in [2.24, 2.45) is 5.92 Å². The number of nitrogens with zero attached hydrogens (tertiary/aromatic N) is 3. The van der Waals surface area contributed by atoms with Gasteiger partial charge in [-0.25, -0.2) is 0 Å². The summed E-state index contributed by atoms with van der Waals surface area (Å²) in [6.07, 6.45) is 2.76. The molecule has 0 aromatic rings. The summed E-state index contributed by atoms with van der Waals surface area (Å²) in [5, 5.41) is 3.04. The molecule has 2 heterocycles. The molecule has 1 N–H and O–H groups in total. The van der Waals surface area contributed by atoms with Gasteiger partial charge in [0.2, 0.25) is 11.8 Å². The quantitative estimate of drug-likeness (QED) is 0.708. The fraction of sp³-hybridized carbons (Fsp3) is 0.875. The number of rotatable bonds is 7. The molecule has 2 unspecified atom stereocenters. The van der Waals surface area contributed by atoms with Crippen LogP contribution in [0, 0.1) is 5.92 Å². The number of carbonyl (C=O) groups is 2. The third kappa shape index (κ3) is 5.76. The lowest BCUT2D eigenvalue weighted by Crippen LogP contribution is -2.42. The minimum Gasteiger partial charge on any atom is -0.344 e. The van der Waals surface area contributed by atoms with Crippen molar-refractivity contribution in [3.05, 3.63) is 0 Å². The fourth-order valence-corrected chi connectivity index (χ4v) is 3.59. The number of hydrogen-bond acceptors (Lipinski definition) is 4. The standard InChI is InChI=1S/C16H30N4O2.2ClH/c1-4-19-8-5-6-14(19)12-20-11-13(10-15(20)21)16(22)18(3)9-7-17-2;;/h13-14,17H,4-12H2,1-3H3;2*1H. The van der Waals surface area contributed by atoms with Crippen molar-refractivity contribution >= 4 is 36.6 Å². The third-order valence-electron chi connectivity index (χ3n) is 4.97. The lowest BCUT2D eigenvalue weighted by atomic mass is 10.1. The molecule has 6 nitrogen and oxygen atoms in total. The first-order chi connectivity index (χ1) is 10.6. The average Bonchev–Trinajstić information content (AvgIpc) is 3.11. The maximum atomic E-state index is 12.4. The van der Waals surface area contributed by atoms with Gasteiger partial charge in [0.15, 0.2) is 0 Å². The van der Waals surface area contributed by atoms with Crippen LogP contribution in [0.2, 0.25) is 0 Å².